The van der Waals surface area contributed by atoms with Gasteiger partial charge in [-0.3, -0.25) is 9.59 Å². The smallest absolute Gasteiger partial charge is 0.237 e. The maximum atomic E-state index is 14.3. The fourth-order valence-electron chi connectivity index (χ4n) is 10.3. The zero-order valence-corrected chi connectivity index (χ0v) is 24.2. The van der Waals surface area contributed by atoms with E-state index in [-0.39, 0.29) is 22.4 Å². The van der Waals surface area contributed by atoms with Crippen molar-refractivity contribution >= 4 is 11.8 Å². The summed E-state index contributed by atoms with van der Waals surface area (Å²) < 4.78 is 0. The van der Waals surface area contributed by atoms with Crippen LogP contribution >= 0.6 is 0 Å². The van der Waals surface area contributed by atoms with Gasteiger partial charge in [-0.15, -0.1) is 0 Å². The molecule has 1 aromatic rings. The van der Waals surface area contributed by atoms with Crippen LogP contribution in [0.25, 0.3) is 0 Å². The van der Waals surface area contributed by atoms with Crippen molar-refractivity contribution in [3.8, 4) is 0 Å². The summed E-state index contributed by atoms with van der Waals surface area (Å²) in [7, 11) is 0. The van der Waals surface area contributed by atoms with Crippen LogP contribution in [0.3, 0.4) is 0 Å². The number of carbonyl (C=O) groups is 2. The van der Waals surface area contributed by atoms with Gasteiger partial charge in [-0.2, -0.15) is 0 Å². The highest BCUT2D eigenvalue weighted by Crippen LogP contribution is 2.54. The molecule has 0 radical (unpaired) electrons. The Balaban J connectivity index is 1.15. The topological polar surface area (TPSA) is 61.4 Å². The van der Waals surface area contributed by atoms with Gasteiger partial charge >= 0.3 is 0 Å². The molecule has 4 fully saturated rings. The maximum absolute atomic E-state index is 14.3. The highest BCUT2D eigenvalue weighted by molar-refractivity contribution is 5.84. The Kier molecular flexibility index (Phi) is 6.69. The predicted molar refractivity (Wildman–Crippen MR) is 151 cm³/mol. The number of hydrogen-bond donors (Lipinski definition) is 2. The molecule has 1 heterocycles. The molecule has 6 rings (SSSR count). The molecule has 0 aromatic heterocycles. The predicted octanol–water partition coefficient (Wildman–Crippen LogP) is 5.81. The normalized spacial score (nSPS) is 41.9. The third-order valence-electron chi connectivity index (χ3n) is 11.0. The van der Waals surface area contributed by atoms with Crippen molar-refractivity contribution in [1.29, 1.82) is 0 Å². The molecule has 5 aliphatic rings. The summed E-state index contributed by atoms with van der Waals surface area (Å²) in [6.07, 6.45) is 11.2. The summed E-state index contributed by atoms with van der Waals surface area (Å²) in [5.41, 5.74) is 2.07. The van der Waals surface area contributed by atoms with Gasteiger partial charge in [0, 0.05) is 29.6 Å². The van der Waals surface area contributed by atoms with E-state index in [9.17, 15) is 9.59 Å². The molecular formula is C33H49N3O2. The van der Waals surface area contributed by atoms with Crippen LogP contribution in [0.4, 0.5) is 0 Å². The van der Waals surface area contributed by atoms with E-state index >= 15 is 0 Å². The van der Waals surface area contributed by atoms with Gasteiger partial charge in [-0.05, 0) is 112 Å². The molecule has 208 valence electrons. The first kappa shape index (κ1) is 26.3. The molecule has 4 saturated carbocycles. The van der Waals surface area contributed by atoms with Crippen LogP contribution in [-0.4, -0.2) is 34.3 Å². The Morgan fingerprint density at radius 3 is 2.11 bits per heavy atom. The molecule has 4 bridgehead atoms. The standard InChI is InChI=1S/C33H49N3O2/c1-22-9-25-10-23(2)13-32(12-22,16-25)30(38)35-33-14-24(3)11-26(17-33)15-31(4,21-33)34-18-29(37)36-19-27-7-5-6-8-28(27)20-36/h5-8,22-26,34H,9-21H2,1-4H3,(H,35,38). The minimum atomic E-state index is -0.174. The second kappa shape index (κ2) is 9.64. The number of nitrogens with zero attached hydrogens (tertiary/aromatic N) is 1. The Morgan fingerprint density at radius 2 is 1.45 bits per heavy atom. The molecular weight excluding hydrogens is 470 g/mol. The lowest BCUT2D eigenvalue weighted by Crippen LogP contribution is -2.66. The van der Waals surface area contributed by atoms with Gasteiger partial charge in [-0.25, -0.2) is 0 Å². The molecule has 5 nitrogen and oxygen atoms in total. The lowest BCUT2D eigenvalue weighted by molar-refractivity contribution is -0.144. The van der Waals surface area contributed by atoms with E-state index in [4.69, 9.17) is 0 Å². The van der Waals surface area contributed by atoms with Crippen LogP contribution in [0.1, 0.15) is 103 Å². The Bertz CT molecular complexity index is 1040. The van der Waals surface area contributed by atoms with Crippen LogP contribution in [0.15, 0.2) is 24.3 Å². The second-order valence-corrected chi connectivity index (χ2v) is 15.1. The molecule has 6 unspecified atom stereocenters. The Hall–Kier alpha value is -1.88. The molecule has 1 aromatic carbocycles. The van der Waals surface area contributed by atoms with E-state index in [1.807, 2.05) is 4.90 Å². The Labute approximate surface area is 229 Å². The van der Waals surface area contributed by atoms with Crippen molar-refractivity contribution in [1.82, 2.24) is 15.5 Å². The van der Waals surface area contributed by atoms with Crippen molar-refractivity contribution < 1.29 is 9.59 Å². The van der Waals surface area contributed by atoms with Gasteiger partial charge in [0.15, 0.2) is 0 Å². The summed E-state index contributed by atoms with van der Waals surface area (Å²) in [4.78, 5) is 29.5. The molecule has 6 atom stereocenters. The number of carbonyl (C=O) groups excluding carboxylic acids is 2. The largest absolute Gasteiger partial charge is 0.350 e. The SMILES string of the molecule is CC1CC2CC(C)(NCC(=O)N3Cc4ccccc4C3)CC(NC(=O)C34CC(C)CC(CC(C)C3)C4)(C1)C2. The van der Waals surface area contributed by atoms with Gasteiger partial charge in [0.2, 0.25) is 11.8 Å². The van der Waals surface area contributed by atoms with E-state index in [2.05, 4.69) is 62.6 Å². The third-order valence-corrected chi connectivity index (χ3v) is 11.0. The molecule has 1 aliphatic heterocycles. The van der Waals surface area contributed by atoms with E-state index in [0.29, 0.717) is 55.1 Å². The number of nitrogens with one attached hydrogen (secondary N) is 2. The monoisotopic (exact) mass is 519 g/mol. The molecule has 5 heteroatoms. The third kappa shape index (κ3) is 5.05. The molecule has 38 heavy (non-hydrogen) atoms. The van der Waals surface area contributed by atoms with Crippen LogP contribution in [-0.2, 0) is 22.7 Å². The van der Waals surface area contributed by atoms with Crippen LogP contribution in [0.5, 0.6) is 0 Å². The van der Waals surface area contributed by atoms with Crippen molar-refractivity contribution in [3.63, 3.8) is 0 Å². The van der Waals surface area contributed by atoms with E-state index in [1.165, 1.54) is 30.4 Å². The molecule has 0 saturated heterocycles. The summed E-state index contributed by atoms with van der Waals surface area (Å²) >= 11 is 0. The van der Waals surface area contributed by atoms with Crippen LogP contribution in [0, 0.1) is 35.0 Å². The fourth-order valence-corrected chi connectivity index (χ4v) is 10.3. The Morgan fingerprint density at radius 1 is 0.842 bits per heavy atom. The van der Waals surface area contributed by atoms with Gasteiger partial charge in [0.25, 0.3) is 0 Å². The number of fused-ring (bicyclic) bond motifs is 5. The van der Waals surface area contributed by atoms with Gasteiger partial charge in [0.1, 0.15) is 0 Å². The first-order valence-corrected chi connectivity index (χ1v) is 15.5. The highest BCUT2D eigenvalue weighted by atomic mass is 16.2. The van der Waals surface area contributed by atoms with E-state index < -0.39 is 0 Å². The summed E-state index contributed by atoms with van der Waals surface area (Å²) in [5.74, 6) is 3.75. The molecule has 2 amide bonds. The quantitative estimate of drug-likeness (QED) is 0.516. The average Bonchev–Trinajstić information content (AvgIpc) is 3.25. The zero-order valence-electron chi connectivity index (χ0n) is 24.2. The summed E-state index contributed by atoms with van der Waals surface area (Å²) in [5, 5.41) is 7.52. The summed E-state index contributed by atoms with van der Waals surface area (Å²) in [6.45, 7) is 11.2. The minimum Gasteiger partial charge on any atom is -0.350 e. The van der Waals surface area contributed by atoms with Crippen LogP contribution in [0.2, 0.25) is 0 Å². The van der Waals surface area contributed by atoms with Gasteiger partial charge in [-0.1, -0.05) is 45.0 Å². The van der Waals surface area contributed by atoms with Gasteiger partial charge < -0.3 is 15.5 Å². The average molecular weight is 520 g/mol. The number of rotatable bonds is 5. The first-order valence-electron chi connectivity index (χ1n) is 15.5. The number of amides is 2. The molecule has 0 spiro atoms. The van der Waals surface area contributed by atoms with Crippen molar-refractivity contribution in [2.75, 3.05) is 6.54 Å². The van der Waals surface area contributed by atoms with E-state index in [0.717, 1.165) is 44.9 Å². The highest BCUT2D eigenvalue weighted by Gasteiger charge is 2.54. The maximum Gasteiger partial charge on any atom is 0.237 e. The molecule has 2 N–H and O–H groups in total. The zero-order chi connectivity index (χ0) is 26.7. The number of benzene rings is 1. The lowest BCUT2D eigenvalue weighted by atomic mass is 9.55. The van der Waals surface area contributed by atoms with Crippen molar-refractivity contribution in [3.05, 3.63) is 35.4 Å². The van der Waals surface area contributed by atoms with Gasteiger partial charge in [0.05, 0.1) is 6.54 Å². The first-order chi connectivity index (χ1) is 18.0. The van der Waals surface area contributed by atoms with Crippen molar-refractivity contribution in [2.24, 2.45) is 35.0 Å². The minimum absolute atomic E-state index is 0.140. The van der Waals surface area contributed by atoms with Crippen LogP contribution < -0.4 is 10.6 Å². The van der Waals surface area contributed by atoms with E-state index in [1.54, 1.807) is 0 Å². The second-order valence-electron chi connectivity index (χ2n) is 15.1. The van der Waals surface area contributed by atoms with Crippen molar-refractivity contribution in [2.45, 2.75) is 116 Å². The molecule has 4 aliphatic carbocycles. The number of hydrogen-bond acceptors (Lipinski definition) is 3. The lowest BCUT2D eigenvalue weighted by Gasteiger charge is -2.57. The summed E-state index contributed by atoms with van der Waals surface area (Å²) in [6, 6.07) is 8.39. The fraction of sp³-hybridized carbons (Fsp3) is 0.758.